The number of rotatable bonds is 2. The van der Waals surface area contributed by atoms with E-state index in [9.17, 15) is 9.59 Å². The molecule has 2 fully saturated rings. The third kappa shape index (κ3) is 2.78. The molecule has 2 rings (SSSR count). The molecular formula is C15H27ClN2O3. The fraction of sp³-hybridized carbons (Fsp3) is 0.867. The third-order valence-corrected chi connectivity index (χ3v) is 5.13. The Labute approximate surface area is 133 Å². The first-order valence-electron chi connectivity index (χ1n) is 7.17. The van der Waals surface area contributed by atoms with Gasteiger partial charge in [0.15, 0.2) is 0 Å². The zero-order valence-corrected chi connectivity index (χ0v) is 14.5. The van der Waals surface area contributed by atoms with Gasteiger partial charge in [-0.25, -0.2) is 4.79 Å². The first-order valence-corrected chi connectivity index (χ1v) is 7.17. The second kappa shape index (κ2) is 5.43. The monoisotopic (exact) mass is 318 g/mol. The van der Waals surface area contributed by atoms with Crippen LogP contribution in [0, 0.1) is 22.7 Å². The van der Waals surface area contributed by atoms with Crippen molar-refractivity contribution in [3.05, 3.63) is 0 Å². The highest BCUT2D eigenvalue weighted by Crippen LogP contribution is 2.65. The molecule has 5 nitrogen and oxygen atoms in total. The Hall–Kier alpha value is -0.810. The maximum atomic E-state index is 12.6. The average molecular weight is 319 g/mol. The SMILES string of the molecule is COC(=O)[C@@H]1[C@@H]2[C@H](CN1C(=O)C(N)C(C)(C)C)C2(C)C.Cl. The molecule has 0 aromatic rings. The first-order chi connectivity index (χ1) is 9.03. The number of amides is 1. The molecular weight excluding hydrogens is 292 g/mol. The molecule has 2 aliphatic rings. The normalized spacial score (nSPS) is 31.0. The third-order valence-electron chi connectivity index (χ3n) is 5.13. The molecule has 0 radical (unpaired) electrons. The molecule has 1 saturated carbocycles. The Bertz CT molecular complexity index is 445. The highest BCUT2D eigenvalue weighted by atomic mass is 35.5. The van der Waals surface area contributed by atoms with Crippen molar-refractivity contribution in [3.63, 3.8) is 0 Å². The Morgan fingerprint density at radius 1 is 1.33 bits per heavy atom. The van der Waals surface area contributed by atoms with Crippen LogP contribution in [0.2, 0.25) is 0 Å². The quantitative estimate of drug-likeness (QED) is 0.782. The molecule has 1 aliphatic carbocycles. The maximum Gasteiger partial charge on any atom is 0.328 e. The van der Waals surface area contributed by atoms with E-state index in [1.165, 1.54) is 7.11 Å². The van der Waals surface area contributed by atoms with E-state index < -0.39 is 12.1 Å². The second-order valence-corrected chi connectivity index (χ2v) is 7.76. The van der Waals surface area contributed by atoms with Gasteiger partial charge in [-0.1, -0.05) is 34.6 Å². The van der Waals surface area contributed by atoms with E-state index >= 15 is 0 Å². The number of hydrogen-bond acceptors (Lipinski definition) is 4. The fourth-order valence-corrected chi connectivity index (χ4v) is 3.45. The lowest BCUT2D eigenvalue weighted by molar-refractivity contribution is -0.154. The van der Waals surface area contributed by atoms with E-state index in [1.54, 1.807) is 4.90 Å². The van der Waals surface area contributed by atoms with E-state index in [2.05, 4.69) is 13.8 Å². The minimum absolute atomic E-state index is 0. The van der Waals surface area contributed by atoms with Crippen molar-refractivity contribution >= 4 is 24.3 Å². The summed E-state index contributed by atoms with van der Waals surface area (Å²) in [5.41, 5.74) is 5.86. The lowest BCUT2D eigenvalue weighted by Crippen LogP contribution is -2.55. The minimum Gasteiger partial charge on any atom is -0.467 e. The predicted octanol–water partition coefficient (Wildman–Crippen LogP) is 1.44. The number of nitrogens with zero attached hydrogens (tertiary/aromatic N) is 1. The molecule has 0 aromatic carbocycles. The summed E-state index contributed by atoms with van der Waals surface area (Å²) in [5.74, 6) is 0.113. The molecule has 1 amide bonds. The lowest BCUT2D eigenvalue weighted by Gasteiger charge is -2.35. The highest BCUT2D eigenvalue weighted by molar-refractivity contribution is 5.89. The average Bonchev–Trinajstić information content (AvgIpc) is 2.75. The molecule has 0 spiro atoms. The number of nitrogens with two attached hydrogens (primary N) is 1. The van der Waals surface area contributed by atoms with Crippen LogP contribution in [0.4, 0.5) is 0 Å². The van der Waals surface area contributed by atoms with E-state index in [4.69, 9.17) is 10.5 Å². The maximum absolute atomic E-state index is 12.6. The van der Waals surface area contributed by atoms with Crippen molar-refractivity contribution in [1.82, 2.24) is 4.90 Å². The predicted molar refractivity (Wildman–Crippen MR) is 83.0 cm³/mol. The van der Waals surface area contributed by atoms with Gasteiger partial charge in [0.2, 0.25) is 5.91 Å². The van der Waals surface area contributed by atoms with Gasteiger partial charge in [0.25, 0.3) is 0 Å². The van der Waals surface area contributed by atoms with Crippen molar-refractivity contribution in [1.29, 1.82) is 0 Å². The lowest BCUT2D eigenvalue weighted by atomic mass is 9.86. The number of piperidine rings is 1. The molecule has 1 heterocycles. The number of methoxy groups -OCH3 is 1. The topological polar surface area (TPSA) is 72.6 Å². The van der Waals surface area contributed by atoms with Crippen LogP contribution >= 0.6 is 12.4 Å². The van der Waals surface area contributed by atoms with Gasteiger partial charge < -0.3 is 15.4 Å². The molecule has 6 heteroatoms. The Morgan fingerprint density at radius 3 is 2.29 bits per heavy atom. The molecule has 1 unspecified atom stereocenters. The van der Waals surface area contributed by atoms with E-state index in [0.29, 0.717) is 12.5 Å². The Balaban J connectivity index is 0.00000220. The zero-order valence-electron chi connectivity index (χ0n) is 13.7. The summed E-state index contributed by atoms with van der Waals surface area (Å²) in [5, 5.41) is 0. The zero-order chi connectivity index (χ0) is 15.5. The number of likely N-dealkylation sites (tertiary alicyclic amines) is 1. The molecule has 1 aliphatic heterocycles. The Morgan fingerprint density at radius 2 is 1.86 bits per heavy atom. The van der Waals surface area contributed by atoms with Crippen molar-refractivity contribution in [2.45, 2.75) is 46.7 Å². The molecule has 0 bridgehead atoms. The largest absolute Gasteiger partial charge is 0.467 e. The van der Waals surface area contributed by atoms with Crippen LogP contribution in [-0.2, 0) is 14.3 Å². The van der Waals surface area contributed by atoms with Crippen LogP contribution in [0.25, 0.3) is 0 Å². The smallest absolute Gasteiger partial charge is 0.328 e. The van der Waals surface area contributed by atoms with Crippen LogP contribution in [-0.4, -0.2) is 42.5 Å². The van der Waals surface area contributed by atoms with Gasteiger partial charge in [-0.3, -0.25) is 4.79 Å². The van der Waals surface area contributed by atoms with Gasteiger partial charge in [-0.15, -0.1) is 12.4 Å². The summed E-state index contributed by atoms with van der Waals surface area (Å²) < 4.78 is 4.90. The fourth-order valence-electron chi connectivity index (χ4n) is 3.45. The summed E-state index contributed by atoms with van der Waals surface area (Å²) in [6.07, 6.45) is 0. The van der Waals surface area contributed by atoms with Gasteiger partial charge in [-0.2, -0.15) is 0 Å². The van der Waals surface area contributed by atoms with Gasteiger partial charge in [0.05, 0.1) is 13.2 Å². The van der Waals surface area contributed by atoms with Gasteiger partial charge in [0.1, 0.15) is 6.04 Å². The summed E-state index contributed by atoms with van der Waals surface area (Å²) in [7, 11) is 1.37. The van der Waals surface area contributed by atoms with Gasteiger partial charge in [0, 0.05) is 12.5 Å². The summed E-state index contributed by atoms with van der Waals surface area (Å²) in [4.78, 5) is 26.3. The van der Waals surface area contributed by atoms with Crippen LogP contribution in [0.3, 0.4) is 0 Å². The Kier molecular flexibility index (Phi) is 4.72. The minimum atomic E-state index is -0.602. The standard InChI is InChI=1S/C15H26N2O3.ClH/c1-14(2,3)11(16)12(18)17-7-8-9(15(8,4)5)10(17)13(19)20-6;/h8-11H,7,16H2,1-6H3;1H/t8-,9-,10-,11?;/m0./s1. The molecule has 122 valence electrons. The summed E-state index contributed by atoms with van der Waals surface area (Å²) >= 11 is 0. The number of halogens is 1. The molecule has 1 saturated heterocycles. The number of hydrogen-bond donors (Lipinski definition) is 1. The van der Waals surface area contributed by atoms with Gasteiger partial charge >= 0.3 is 5.97 Å². The molecule has 2 N–H and O–H groups in total. The number of carbonyl (C=O) groups is 2. The molecule has 21 heavy (non-hydrogen) atoms. The van der Waals surface area contributed by atoms with Crippen molar-refractivity contribution in [2.75, 3.05) is 13.7 Å². The van der Waals surface area contributed by atoms with E-state index in [0.717, 1.165) is 0 Å². The number of carbonyl (C=O) groups excluding carboxylic acids is 2. The van der Waals surface area contributed by atoms with E-state index in [-0.39, 0.29) is 41.0 Å². The van der Waals surface area contributed by atoms with E-state index in [1.807, 2.05) is 20.8 Å². The van der Waals surface area contributed by atoms with Crippen molar-refractivity contribution in [2.24, 2.45) is 28.4 Å². The molecule has 0 aromatic heterocycles. The van der Waals surface area contributed by atoms with Crippen molar-refractivity contribution in [3.8, 4) is 0 Å². The summed E-state index contributed by atoms with van der Waals surface area (Å²) in [6.45, 7) is 10.7. The van der Waals surface area contributed by atoms with Crippen LogP contribution < -0.4 is 5.73 Å². The first kappa shape index (κ1) is 18.2. The van der Waals surface area contributed by atoms with Crippen LogP contribution in [0.15, 0.2) is 0 Å². The summed E-state index contributed by atoms with van der Waals surface area (Å²) in [6, 6.07) is -1.07. The highest BCUT2D eigenvalue weighted by Gasteiger charge is 2.70. The number of fused-ring (bicyclic) bond motifs is 1. The van der Waals surface area contributed by atoms with Crippen molar-refractivity contribution < 1.29 is 14.3 Å². The van der Waals surface area contributed by atoms with Crippen LogP contribution in [0.1, 0.15) is 34.6 Å². The van der Waals surface area contributed by atoms with Crippen LogP contribution in [0.5, 0.6) is 0 Å². The second-order valence-electron chi connectivity index (χ2n) is 7.76. The molecule has 4 atom stereocenters. The van der Waals surface area contributed by atoms with Gasteiger partial charge in [-0.05, 0) is 16.7 Å². The number of esters is 1. The number of ether oxygens (including phenoxy) is 1.